The topological polar surface area (TPSA) is 72.3 Å². The zero-order valence-corrected chi connectivity index (χ0v) is 9.91. The van der Waals surface area contributed by atoms with Crippen LogP contribution in [0, 0.1) is 0 Å². The molecule has 6 heteroatoms. The highest BCUT2D eigenvalue weighted by Crippen LogP contribution is 2.18. The smallest absolute Gasteiger partial charge is 0.207 e. The van der Waals surface area contributed by atoms with Gasteiger partial charge >= 0.3 is 0 Å². The van der Waals surface area contributed by atoms with E-state index in [0.29, 0.717) is 5.82 Å². The number of rotatable bonds is 3. The average molecular weight is 240 g/mol. The molecule has 2 aromatic heterocycles. The van der Waals surface area contributed by atoms with E-state index in [1.54, 1.807) is 6.20 Å². The van der Waals surface area contributed by atoms with Crippen molar-refractivity contribution >= 4 is 0 Å². The van der Waals surface area contributed by atoms with Crippen LogP contribution in [0.1, 0.15) is 12.5 Å². The molecule has 0 bridgehead atoms. The van der Waals surface area contributed by atoms with Crippen LogP contribution in [0.25, 0.3) is 17.1 Å². The molecule has 0 amide bonds. The van der Waals surface area contributed by atoms with E-state index in [4.69, 9.17) is 0 Å². The molecule has 0 aliphatic carbocycles. The molecule has 90 valence electrons. The van der Waals surface area contributed by atoms with Gasteiger partial charge < -0.3 is 0 Å². The maximum absolute atomic E-state index is 4.35. The molecule has 0 fully saturated rings. The highest BCUT2D eigenvalue weighted by atomic mass is 15.5. The van der Waals surface area contributed by atoms with Gasteiger partial charge in [-0.05, 0) is 23.3 Å². The van der Waals surface area contributed by atoms with Crippen LogP contribution in [-0.4, -0.2) is 30.4 Å². The fourth-order valence-corrected chi connectivity index (χ4v) is 1.89. The summed E-state index contributed by atoms with van der Waals surface area (Å²) in [6.45, 7) is 2.13. The fraction of sp³-hybridized carbons (Fsp3) is 0.167. The van der Waals surface area contributed by atoms with Gasteiger partial charge in [0.2, 0.25) is 5.82 Å². The third kappa shape index (κ3) is 1.77. The first-order chi connectivity index (χ1) is 8.88. The Bertz CT molecular complexity index is 640. The third-order valence-electron chi connectivity index (χ3n) is 2.81. The lowest BCUT2D eigenvalue weighted by Crippen LogP contribution is -1.98. The molecule has 0 unspecified atom stereocenters. The van der Waals surface area contributed by atoms with Gasteiger partial charge in [-0.3, -0.25) is 0 Å². The first kappa shape index (κ1) is 10.6. The van der Waals surface area contributed by atoms with Crippen molar-refractivity contribution in [2.75, 3.05) is 0 Å². The van der Waals surface area contributed by atoms with Gasteiger partial charge in [-0.2, -0.15) is 10.3 Å². The van der Waals surface area contributed by atoms with Gasteiger partial charge in [-0.15, -0.1) is 10.2 Å². The van der Waals surface area contributed by atoms with Gasteiger partial charge in [0, 0.05) is 6.20 Å². The molecule has 0 saturated carbocycles. The van der Waals surface area contributed by atoms with Crippen LogP contribution < -0.4 is 0 Å². The van der Waals surface area contributed by atoms with E-state index in [1.807, 2.05) is 29.1 Å². The molecule has 0 saturated heterocycles. The summed E-state index contributed by atoms with van der Waals surface area (Å²) in [5.41, 5.74) is 3.17. The summed E-state index contributed by atoms with van der Waals surface area (Å²) in [5.74, 6) is 0.551. The zero-order valence-electron chi connectivity index (χ0n) is 9.91. The Morgan fingerprint density at radius 3 is 2.94 bits per heavy atom. The maximum Gasteiger partial charge on any atom is 0.207 e. The van der Waals surface area contributed by atoms with E-state index in [9.17, 15) is 0 Å². The molecule has 0 aliphatic heterocycles. The van der Waals surface area contributed by atoms with E-state index in [0.717, 1.165) is 17.7 Å². The maximum atomic E-state index is 4.35. The number of aromatic nitrogens is 6. The lowest BCUT2D eigenvalue weighted by atomic mass is 10.1. The minimum Gasteiger partial charge on any atom is -0.240 e. The molecule has 0 radical (unpaired) electrons. The second-order valence-corrected chi connectivity index (χ2v) is 3.89. The summed E-state index contributed by atoms with van der Waals surface area (Å²) in [6.07, 6.45) is 4.60. The summed E-state index contributed by atoms with van der Waals surface area (Å²) in [5, 5.41) is 18.2. The monoisotopic (exact) mass is 240 g/mol. The van der Waals surface area contributed by atoms with Gasteiger partial charge in [0.1, 0.15) is 0 Å². The van der Waals surface area contributed by atoms with Gasteiger partial charge in [0.25, 0.3) is 0 Å². The SMILES string of the molecule is CCc1ccccc1-n1cc(-c2nn[nH]n2)cn1. The van der Waals surface area contributed by atoms with Crippen molar-refractivity contribution in [1.29, 1.82) is 0 Å². The molecule has 3 aromatic rings. The summed E-state index contributed by atoms with van der Waals surface area (Å²) >= 11 is 0. The van der Waals surface area contributed by atoms with Crippen molar-refractivity contribution in [1.82, 2.24) is 30.4 Å². The number of nitrogens with zero attached hydrogens (tertiary/aromatic N) is 5. The Kier molecular flexibility index (Phi) is 2.60. The lowest BCUT2D eigenvalue weighted by Gasteiger charge is -2.06. The van der Waals surface area contributed by atoms with E-state index in [-0.39, 0.29) is 0 Å². The Morgan fingerprint density at radius 1 is 1.28 bits per heavy atom. The lowest BCUT2D eigenvalue weighted by molar-refractivity contribution is 0.863. The Labute approximate surface area is 104 Å². The highest BCUT2D eigenvalue weighted by molar-refractivity contribution is 5.52. The first-order valence-corrected chi connectivity index (χ1v) is 5.75. The van der Waals surface area contributed by atoms with Gasteiger partial charge in [0.05, 0.1) is 17.4 Å². The number of tetrazole rings is 1. The van der Waals surface area contributed by atoms with Gasteiger partial charge in [0.15, 0.2) is 0 Å². The standard InChI is InChI=1S/C12H12N6/c1-2-9-5-3-4-6-11(9)18-8-10(7-13-18)12-14-16-17-15-12/h3-8H,2H2,1H3,(H,14,15,16,17). The summed E-state index contributed by atoms with van der Waals surface area (Å²) in [7, 11) is 0. The number of benzene rings is 1. The molecule has 0 spiro atoms. The van der Waals surface area contributed by atoms with E-state index < -0.39 is 0 Å². The van der Waals surface area contributed by atoms with E-state index in [2.05, 4.69) is 38.7 Å². The van der Waals surface area contributed by atoms with Gasteiger partial charge in [-0.1, -0.05) is 25.1 Å². The van der Waals surface area contributed by atoms with Crippen LogP contribution in [0.3, 0.4) is 0 Å². The van der Waals surface area contributed by atoms with Crippen molar-refractivity contribution in [3.63, 3.8) is 0 Å². The second kappa shape index (κ2) is 4.40. The van der Waals surface area contributed by atoms with Crippen molar-refractivity contribution in [3.05, 3.63) is 42.2 Å². The van der Waals surface area contributed by atoms with Crippen LogP contribution in [0.2, 0.25) is 0 Å². The van der Waals surface area contributed by atoms with Gasteiger partial charge in [-0.25, -0.2) is 4.68 Å². The number of hydrogen-bond donors (Lipinski definition) is 1. The fourth-order valence-electron chi connectivity index (χ4n) is 1.89. The Balaban J connectivity index is 2.03. The zero-order chi connectivity index (χ0) is 12.4. The van der Waals surface area contributed by atoms with Crippen LogP contribution in [0.5, 0.6) is 0 Å². The summed E-state index contributed by atoms with van der Waals surface area (Å²) < 4.78 is 1.84. The average Bonchev–Trinajstić information content (AvgIpc) is 3.09. The molecule has 1 N–H and O–H groups in total. The quantitative estimate of drug-likeness (QED) is 0.755. The number of aryl methyl sites for hydroxylation is 1. The number of para-hydroxylation sites is 1. The molecule has 3 rings (SSSR count). The van der Waals surface area contributed by atoms with E-state index in [1.165, 1.54) is 5.56 Å². The van der Waals surface area contributed by atoms with E-state index >= 15 is 0 Å². The molecule has 18 heavy (non-hydrogen) atoms. The molecule has 2 heterocycles. The number of aromatic amines is 1. The third-order valence-corrected chi connectivity index (χ3v) is 2.81. The predicted octanol–water partition coefficient (Wildman–Crippen LogP) is 1.61. The largest absolute Gasteiger partial charge is 0.240 e. The minimum atomic E-state index is 0.551. The Morgan fingerprint density at radius 2 is 2.17 bits per heavy atom. The van der Waals surface area contributed by atoms with Crippen molar-refractivity contribution in [2.45, 2.75) is 13.3 Å². The van der Waals surface area contributed by atoms with Crippen molar-refractivity contribution < 1.29 is 0 Å². The van der Waals surface area contributed by atoms with Crippen LogP contribution in [-0.2, 0) is 6.42 Å². The number of hydrogen-bond acceptors (Lipinski definition) is 4. The molecule has 6 nitrogen and oxygen atoms in total. The summed E-state index contributed by atoms with van der Waals surface area (Å²) in [4.78, 5) is 0. The molecule has 1 aromatic carbocycles. The summed E-state index contributed by atoms with van der Waals surface area (Å²) in [6, 6.07) is 8.19. The van der Waals surface area contributed by atoms with Crippen molar-refractivity contribution in [3.8, 4) is 17.1 Å². The number of nitrogens with one attached hydrogen (secondary N) is 1. The number of H-pyrrole nitrogens is 1. The highest BCUT2D eigenvalue weighted by Gasteiger charge is 2.08. The minimum absolute atomic E-state index is 0.551. The molecular weight excluding hydrogens is 228 g/mol. The second-order valence-electron chi connectivity index (χ2n) is 3.89. The van der Waals surface area contributed by atoms with Crippen LogP contribution in [0.15, 0.2) is 36.7 Å². The molecule has 0 aliphatic rings. The first-order valence-electron chi connectivity index (χ1n) is 5.75. The van der Waals surface area contributed by atoms with Crippen LogP contribution >= 0.6 is 0 Å². The van der Waals surface area contributed by atoms with Crippen LogP contribution in [0.4, 0.5) is 0 Å². The predicted molar refractivity (Wildman–Crippen MR) is 66.1 cm³/mol. The van der Waals surface area contributed by atoms with Crippen molar-refractivity contribution in [2.24, 2.45) is 0 Å². The molecule has 0 atom stereocenters. The Hall–Kier alpha value is -2.50. The normalized spacial score (nSPS) is 10.7. The molecular formula is C12H12N6.